The Morgan fingerprint density at radius 3 is 2.37 bits per heavy atom. The monoisotopic (exact) mass is 280 g/mol. The summed E-state index contributed by atoms with van der Waals surface area (Å²) in [5.41, 5.74) is 0.876. The zero-order chi connectivity index (χ0) is 14.0. The summed E-state index contributed by atoms with van der Waals surface area (Å²) in [6.45, 7) is 3.38. The van der Waals surface area contributed by atoms with E-state index in [9.17, 15) is 13.2 Å². The van der Waals surface area contributed by atoms with Crippen molar-refractivity contribution in [1.82, 2.24) is 10.2 Å². The first kappa shape index (κ1) is 13.3. The molecule has 0 amide bonds. The van der Waals surface area contributed by atoms with Crippen LogP contribution in [0.3, 0.4) is 0 Å². The summed E-state index contributed by atoms with van der Waals surface area (Å²) in [4.78, 5) is 11.2. The Bertz CT molecular complexity index is 748. The van der Waals surface area contributed by atoms with Gasteiger partial charge in [-0.15, -0.1) is 5.10 Å². The molecule has 1 aromatic carbocycles. The summed E-state index contributed by atoms with van der Waals surface area (Å²) in [6.07, 6.45) is 0. The predicted molar refractivity (Wildman–Crippen MR) is 68.6 cm³/mol. The molecule has 0 spiro atoms. The van der Waals surface area contributed by atoms with Crippen molar-refractivity contribution >= 4 is 10.1 Å². The molecule has 0 unspecified atom stereocenters. The van der Waals surface area contributed by atoms with Crippen molar-refractivity contribution in [2.75, 3.05) is 0 Å². The molecule has 0 bridgehead atoms. The first-order valence-corrected chi connectivity index (χ1v) is 6.87. The lowest BCUT2D eigenvalue weighted by Crippen LogP contribution is -2.15. The molecule has 0 fully saturated rings. The van der Waals surface area contributed by atoms with E-state index in [0.29, 0.717) is 5.56 Å². The molecule has 7 heteroatoms. The van der Waals surface area contributed by atoms with Crippen molar-refractivity contribution in [1.29, 1.82) is 0 Å². The normalized spacial score (nSPS) is 11.3. The molecule has 1 aromatic heterocycles. The van der Waals surface area contributed by atoms with Crippen LogP contribution in [0.15, 0.2) is 40.0 Å². The Hall–Kier alpha value is -2.15. The second-order valence-electron chi connectivity index (χ2n) is 4.07. The number of aromatic nitrogens is 2. The summed E-state index contributed by atoms with van der Waals surface area (Å²) in [6, 6.07) is 7.50. The Labute approximate surface area is 110 Å². The van der Waals surface area contributed by atoms with Gasteiger partial charge in [0.15, 0.2) is 0 Å². The van der Waals surface area contributed by atoms with Crippen LogP contribution >= 0.6 is 0 Å². The van der Waals surface area contributed by atoms with Gasteiger partial charge in [0.2, 0.25) is 0 Å². The lowest BCUT2D eigenvalue weighted by Gasteiger charge is -2.06. The number of aryl methyl sites for hydroxylation is 2. The molecule has 0 aliphatic carbocycles. The highest BCUT2D eigenvalue weighted by molar-refractivity contribution is 7.87. The molecule has 6 nitrogen and oxygen atoms in total. The molecular formula is C12H12N2O4S. The number of nitrogens with one attached hydrogen (secondary N) is 1. The summed E-state index contributed by atoms with van der Waals surface area (Å²) in [5, 5.41) is 5.68. The third-order valence-corrected chi connectivity index (χ3v) is 3.71. The number of nitrogens with zero attached hydrogens (tertiary/aromatic N) is 1. The molecule has 0 atom stereocenters. The Balaban J connectivity index is 2.33. The largest absolute Gasteiger partial charge is 0.357 e. The first-order valence-electron chi connectivity index (χ1n) is 5.46. The van der Waals surface area contributed by atoms with Gasteiger partial charge in [-0.2, -0.15) is 8.42 Å². The fourth-order valence-electron chi connectivity index (χ4n) is 1.39. The Kier molecular flexibility index (Phi) is 3.39. The van der Waals surface area contributed by atoms with Crippen LogP contribution in [-0.2, 0) is 10.1 Å². The maximum atomic E-state index is 12.0. The Morgan fingerprint density at radius 1 is 1.16 bits per heavy atom. The van der Waals surface area contributed by atoms with E-state index in [2.05, 4.69) is 10.2 Å². The summed E-state index contributed by atoms with van der Waals surface area (Å²) < 4.78 is 28.8. The number of aromatic amines is 1. The van der Waals surface area contributed by atoms with Crippen LogP contribution in [0, 0.1) is 13.8 Å². The standard InChI is InChI=1S/C12H12N2O4S/c1-8-3-5-10(6-4-8)19(16,17)18-11-7-9(2)12(15)14-13-11/h3-7H,1-2H3,(H,14,15). The smallest absolute Gasteiger partial charge is 0.340 e. The maximum Gasteiger partial charge on any atom is 0.340 e. The summed E-state index contributed by atoms with van der Waals surface area (Å²) in [5.74, 6) is -0.169. The van der Waals surface area contributed by atoms with E-state index in [0.717, 1.165) is 5.56 Å². The van der Waals surface area contributed by atoms with Crippen LogP contribution in [0.5, 0.6) is 5.88 Å². The van der Waals surface area contributed by atoms with Gasteiger partial charge in [-0.1, -0.05) is 17.7 Å². The molecule has 19 heavy (non-hydrogen) atoms. The highest BCUT2D eigenvalue weighted by atomic mass is 32.2. The van der Waals surface area contributed by atoms with Gasteiger partial charge in [0.25, 0.3) is 11.4 Å². The summed E-state index contributed by atoms with van der Waals surface area (Å²) >= 11 is 0. The van der Waals surface area contributed by atoms with Crippen molar-refractivity contribution in [3.63, 3.8) is 0 Å². The van der Waals surface area contributed by atoms with Gasteiger partial charge in [0.1, 0.15) is 4.90 Å². The molecule has 1 heterocycles. The maximum absolute atomic E-state index is 12.0. The van der Waals surface area contributed by atoms with Crippen molar-refractivity contribution in [2.24, 2.45) is 0 Å². The molecule has 0 aliphatic heterocycles. The second-order valence-corrected chi connectivity index (χ2v) is 5.62. The SMILES string of the molecule is Cc1ccc(S(=O)(=O)Oc2cc(C)c(=O)[nH]n2)cc1. The van der Waals surface area contributed by atoms with E-state index in [4.69, 9.17) is 4.18 Å². The van der Waals surface area contributed by atoms with Gasteiger partial charge in [0.05, 0.1) is 0 Å². The number of benzene rings is 1. The van der Waals surface area contributed by atoms with Crippen LogP contribution in [0.1, 0.15) is 11.1 Å². The Morgan fingerprint density at radius 2 is 1.79 bits per heavy atom. The van der Waals surface area contributed by atoms with Crippen LogP contribution in [0.25, 0.3) is 0 Å². The lowest BCUT2D eigenvalue weighted by atomic mass is 10.2. The minimum atomic E-state index is -3.94. The van der Waals surface area contributed by atoms with Crippen molar-refractivity contribution in [3.8, 4) is 5.88 Å². The van der Waals surface area contributed by atoms with E-state index in [-0.39, 0.29) is 16.3 Å². The van der Waals surface area contributed by atoms with E-state index >= 15 is 0 Å². The highest BCUT2D eigenvalue weighted by Crippen LogP contribution is 2.16. The van der Waals surface area contributed by atoms with Gasteiger partial charge < -0.3 is 4.18 Å². The van der Waals surface area contributed by atoms with Crippen LogP contribution in [-0.4, -0.2) is 18.6 Å². The van der Waals surface area contributed by atoms with E-state index in [1.54, 1.807) is 12.1 Å². The molecule has 2 aromatic rings. The van der Waals surface area contributed by atoms with Crippen LogP contribution in [0.2, 0.25) is 0 Å². The minimum Gasteiger partial charge on any atom is -0.357 e. The van der Waals surface area contributed by atoms with E-state index in [1.165, 1.54) is 25.1 Å². The van der Waals surface area contributed by atoms with Crippen LogP contribution in [0.4, 0.5) is 0 Å². The number of rotatable bonds is 3. The van der Waals surface area contributed by atoms with Gasteiger partial charge in [-0.3, -0.25) is 4.79 Å². The van der Waals surface area contributed by atoms with Crippen LogP contribution < -0.4 is 9.74 Å². The molecular weight excluding hydrogens is 268 g/mol. The third kappa shape index (κ3) is 3.00. The molecule has 0 saturated carbocycles. The minimum absolute atomic E-state index is 0.0313. The fraction of sp³-hybridized carbons (Fsp3) is 0.167. The summed E-state index contributed by atoms with van der Waals surface area (Å²) in [7, 11) is -3.94. The molecule has 0 radical (unpaired) electrons. The first-order chi connectivity index (χ1) is 8.88. The second kappa shape index (κ2) is 4.85. The van der Waals surface area contributed by atoms with E-state index < -0.39 is 10.1 Å². The highest BCUT2D eigenvalue weighted by Gasteiger charge is 2.17. The van der Waals surface area contributed by atoms with Gasteiger partial charge >= 0.3 is 10.1 Å². The lowest BCUT2D eigenvalue weighted by molar-refractivity contribution is 0.470. The third-order valence-electron chi connectivity index (χ3n) is 2.47. The zero-order valence-corrected chi connectivity index (χ0v) is 11.2. The molecule has 100 valence electrons. The fourth-order valence-corrected chi connectivity index (χ4v) is 2.26. The topological polar surface area (TPSA) is 89.1 Å². The molecule has 0 saturated heterocycles. The van der Waals surface area contributed by atoms with Crippen molar-refractivity contribution in [3.05, 3.63) is 51.8 Å². The number of hydrogen-bond acceptors (Lipinski definition) is 5. The average molecular weight is 280 g/mol. The number of hydrogen-bond donors (Lipinski definition) is 1. The number of H-pyrrole nitrogens is 1. The van der Waals surface area contributed by atoms with Gasteiger partial charge in [-0.25, -0.2) is 5.10 Å². The molecule has 0 aliphatic rings. The molecule has 2 rings (SSSR count). The zero-order valence-electron chi connectivity index (χ0n) is 10.4. The van der Waals surface area contributed by atoms with Crippen molar-refractivity contribution in [2.45, 2.75) is 18.7 Å². The van der Waals surface area contributed by atoms with Gasteiger partial charge in [-0.05, 0) is 26.0 Å². The van der Waals surface area contributed by atoms with E-state index in [1.807, 2.05) is 6.92 Å². The quantitative estimate of drug-likeness (QED) is 0.852. The van der Waals surface area contributed by atoms with Crippen molar-refractivity contribution < 1.29 is 12.6 Å². The average Bonchev–Trinajstić information content (AvgIpc) is 2.34. The predicted octanol–water partition coefficient (Wildman–Crippen LogP) is 1.15. The van der Waals surface area contributed by atoms with Gasteiger partial charge in [0, 0.05) is 11.6 Å². The molecule has 1 N–H and O–H groups in total.